The number of amides is 2. The Labute approximate surface area is 96.4 Å². The molecule has 90 valence electrons. The third-order valence-corrected chi connectivity index (χ3v) is 3.59. The number of imide groups is 1. The van der Waals surface area contributed by atoms with Crippen LogP contribution in [-0.4, -0.2) is 35.8 Å². The van der Waals surface area contributed by atoms with Crippen molar-refractivity contribution in [1.82, 2.24) is 10.2 Å². The molecule has 0 aromatic heterocycles. The molecule has 0 radical (unpaired) electrons. The topological polar surface area (TPSA) is 49.4 Å². The molecule has 1 saturated heterocycles. The van der Waals surface area contributed by atoms with Crippen LogP contribution in [0.4, 0.5) is 0 Å². The largest absolute Gasteiger partial charge is 0.305 e. The van der Waals surface area contributed by atoms with Crippen molar-refractivity contribution in [1.29, 1.82) is 0 Å². The van der Waals surface area contributed by atoms with Gasteiger partial charge in [0.2, 0.25) is 11.8 Å². The minimum Gasteiger partial charge on any atom is -0.305 e. The third-order valence-electron chi connectivity index (χ3n) is 3.59. The molecule has 3 unspecified atom stereocenters. The van der Waals surface area contributed by atoms with Crippen molar-refractivity contribution in [3.8, 4) is 0 Å². The fourth-order valence-electron chi connectivity index (χ4n) is 2.28. The van der Waals surface area contributed by atoms with Crippen LogP contribution in [0.1, 0.15) is 33.1 Å². The molecule has 2 aliphatic rings. The molecule has 0 aromatic rings. The Kier molecular flexibility index (Phi) is 3.28. The zero-order valence-corrected chi connectivity index (χ0v) is 10.0. The molecule has 2 rings (SSSR count). The highest BCUT2D eigenvalue weighted by Gasteiger charge is 2.39. The van der Waals surface area contributed by atoms with Crippen molar-refractivity contribution in [2.75, 3.05) is 13.1 Å². The van der Waals surface area contributed by atoms with Gasteiger partial charge in [-0.05, 0) is 31.2 Å². The Balaban J connectivity index is 1.82. The third kappa shape index (κ3) is 2.26. The highest BCUT2D eigenvalue weighted by atomic mass is 16.2. The number of nitrogens with zero attached hydrogens (tertiary/aromatic N) is 1. The quantitative estimate of drug-likeness (QED) is 0.702. The molecular weight excluding hydrogens is 204 g/mol. The first kappa shape index (κ1) is 11.6. The van der Waals surface area contributed by atoms with Crippen molar-refractivity contribution in [2.45, 2.75) is 39.2 Å². The number of carbonyl (C=O) groups is 2. The van der Waals surface area contributed by atoms with E-state index in [-0.39, 0.29) is 17.9 Å². The van der Waals surface area contributed by atoms with Crippen molar-refractivity contribution < 1.29 is 9.59 Å². The summed E-state index contributed by atoms with van der Waals surface area (Å²) < 4.78 is 0. The summed E-state index contributed by atoms with van der Waals surface area (Å²) in [6, 6.07) is -0.258. The predicted octanol–water partition coefficient (Wildman–Crippen LogP) is 0.769. The second-order valence-corrected chi connectivity index (χ2v) is 5.02. The van der Waals surface area contributed by atoms with E-state index in [1.807, 2.05) is 6.92 Å². The first-order valence-corrected chi connectivity index (χ1v) is 6.21. The summed E-state index contributed by atoms with van der Waals surface area (Å²) in [5.74, 6) is 1.45. The van der Waals surface area contributed by atoms with E-state index in [4.69, 9.17) is 0 Å². The summed E-state index contributed by atoms with van der Waals surface area (Å²) in [5, 5.41) is 3.23. The summed E-state index contributed by atoms with van der Waals surface area (Å²) in [6.07, 6.45) is 2.43. The Morgan fingerprint density at radius 2 is 2.12 bits per heavy atom. The van der Waals surface area contributed by atoms with E-state index in [1.54, 1.807) is 0 Å². The molecule has 1 N–H and O–H groups in total. The van der Waals surface area contributed by atoms with E-state index in [0.717, 1.165) is 18.9 Å². The van der Waals surface area contributed by atoms with Crippen LogP contribution in [0.25, 0.3) is 0 Å². The van der Waals surface area contributed by atoms with Gasteiger partial charge in [-0.15, -0.1) is 0 Å². The van der Waals surface area contributed by atoms with Crippen LogP contribution in [0.3, 0.4) is 0 Å². The van der Waals surface area contributed by atoms with Gasteiger partial charge in [0.15, 0.2) is 0 Å². The zero-order chi connectivity index (χ0) is 11.7. The SMILES string of the molecule is CCCN1C(=O)CC(NCC2CC2C)C1=O. The fraction of sp³-hybridized carbons (Fsp3) is 0.833. The lowest BCUT2D eigenvalue weighted by Gasteiger charge is -2.14. The predicted molar refractivity (Wildman–Crippen MR) is 60.7 cm³/mol. The lowest BCUT2D eigenvalue weighted by atomic mass is 10.2. The van der Waals surface area contributed by atoms with Gasteiger partial charge in [-0.1, -0.05) is 13.8 Å². The van der Waals surface area contributed by atoms with Crippen molar-refractivity contribution >= 4 is 11.8 Å². The molecule has 4 heteroatoms. The average Bonchev–Trinajstić information content (AvgIpc) is 2.89. The number of nitrogens with one attached hydrogen (secondary N) is 1. The molecule has 1 aliphatic heterocycles. The van der Waals surface area contributed by atoms with Crippen LogP contribution in [-0.2, 0) is 9.59 Å². The molecular formula is C12H20N2O2. The molecule has 0 spiro atoms. The highest BCUT2D eigenvalue weighted by Crippen LogP contribution is 2.37. The van der Waals surface area contributed by atoms with Gasteiger partial charge in [-0.3, -0.25) is 14.5 Å². The summed E-state index contributed by atoms with van der Waals surface area (Å²) in [4.78, 5) is 24.8. The van der Waals surface area contributed by atoms with Crippen LogP contribution < -0.4 is 5.32 Å². The van der Waals surface area contributed by atoms with Gasteiger partial charge < -0.3 is 5.32 Å². The average molecular weight is 224 g/mol. The second-order valence-electron chi connectivity index (χ2n) is 5.02. The van der Waals surface area contributed by atoms with E-state index in [9.17, 15) is 9.59 Å². The maximum absolute atomic E-state index is 11.9. The highest BCUT2D eigenvalue weighted by molar-refractivity contribution is 6.05. The molecule has 4 nitrogen and oxygen atoms in total. The number of hydrogen-bond acceptors (Lipinski definition) is 3. The molecule has 2 fully saturated rings. The fourth-order valence-corrected chi connectivity index (χ4v) is 2.28. The standard InChI is InChI=1S/C12H20N2O2/c1-3-4-14-11(15)6-10(12(14)16)13-7-9-5-8(9)2/h8-10,13H,3-7H2,1-2H3. The summed E-state index contributed by atoms with van der Waals surface area (Å²) >= 11 is 0. The van der Waals surface area contributed by atoms with Gasteiger partial charge in [0.25, 0.3) is 0 Å². The Morgan fingerprint density at radius 3 is 2.69 bits per heavy atom. The minimum atomic E-state index is -0.258. The zero-order valence-electron chi connectivity index (χ0n) is 10.0. The smallest absolute Gasteiger partial charge is 0.246 e. The molecule has 16 heavy (non-hydrogen) atoms. The van der Waals surface area contributed by atoms with Crippen LogP contribution in [0.2, 0.25) is 0 Å². The van der Waals surface area contributed by atoms with E-state index in [0.29, 0.717) is 18.9 Å². The molecule has 1 saturated carbocycles. The number of rotatable bonds is 5. The van der Waals surface area contributed by atoms with Crippen molar-refractivity contribution in [3.05, 3.63) is 0 Å². The lowest BCUT2D eigenvalue weighted by molar-refractivity contribution is -0.138. The molecule has 0 bridgehead atoms. The molecule has 1 heterocycles. The number of hydrogen-bond donors (Lipinski definition) is 1. The number of likely N-dealkylation sites (tertiary alicyclic amines) is 1. The maximum atomic E-state index is 11.9. The lowest BCUT2D eigenvalue weighted by Crippen LogP contribution is -2.39. The molecule has 1 aliphatic carbocycles. The van der Waals surface area contributed by atoms with Gasteiger partial charge in [-0.25, -0.2) is 0 Å². The monoisotopic (exact) mass is 224 g/mol. The van der Waals surface area contributed by atoms with E-state index in [2.05, 4.69) is 12.2 Å². The van der Waals surface area contributed by atoms with Gasteiger partial charge in [0.1, 0.15) is 0 Å². The van der Waals surface area contributed by atoms with Crippen LogP contribution in [0.5, 0.6) is 0 Å². The van der Waals surface area contributed by atoms with E-state index in [1.165, 1.54) is 11.3 Å². The molecule has 3 atom stereocenters. The van der Waals surface area contributed by atoms with Gasteiger partial charge in [0.05, 0.1) is 12.5 Å². The minimum absolute atomic E-state index is 0.0202. The first-order chi connectivity index (χ1) is 7.63. The maximum Gasteiger partial charge on any atom is 0.246 e. The Bertz CT molecular complexity index is 303. The summed E-state index contributed by atoms with van der Waals surface area (Å²) in [5.41, 5.74) is 0. The van der Waals surface area contributed by atoms with Crippen molar-refractivity contribution in [3.63, 3.8) is 0 Å². The van der Waals surface area contributed by atoms with Crippen LogP contribution in [0, 0.1) is 11.8 Å². The number of carbonyl (C=O) groups excluding carboxylic acids is 2. The second kappa shape index (κ2) is 4.53. The van der Waals surface area contributed by atoms with Gasteiger partial charge >= 0.3 is 0 Å². The first-order valence-electron chi connectivity index (χ1n) is 6.21. The van der Waals surface area contributed by atoms with Crippen molar-refractivity contribution in [2.24, 2.45) is 11.8 Å². The van der Waals surface area contributed by atoms with E-state index >= 15 is 0 Å². The summed E-state index contributed by atoms with van der Waals surface area (Å²) in [7, 11) is 0. The Morgan fingerprint density at radius 1 is 1.44 bits per heavy atom. The molecule has 2 amide bonds. The van der Waals surface area contributed by atoms with E-state index < -0.39 is 0 Å². The Hall–Kier alpha value is -0.900. The molecule has 0 aromatic carbocycles. The van der Waals surface area contributed by atoms with Crippen LogP contribution >= 0.6 is 0 Å². The summed E-state index contributed by atoms with van der Waals surface area (Å²) in [6.45, 7) is 5.64. The normalized spacial score (nSPS) is 33.6. The van der Waals surface area contributed by atoms with Gasteiger partial charge in [0, 0.05) is 6.54 Å². The van der Waals surface area contributed by atoms with Gasteiger partial charge in [-0.2, -0.15) is 0 Å². The van der Waals surface area contributed by atoms with Crippen LogP contribution in [0.15, 0.2) is 0 Å².